The van der Waals surface area contributed by atoms with Gasteiger partial charge in [0.2, 0.25) is 0 Å². The van der Waals surface area contributed by atoms with E-state index in [9.17, 15) is 4.79 Å². The maximum atomic E-state index is 11.2. The second-order valence-corrected chi connectivity index (χ2v) is 6.51. The molecule has 0 radical (unpaired) electrons. The van der Waals surface area contributed by atoms with E-state index in [0.717, 1.165) is 12.8 Å². The van der Waals surface area contributed by atoms with Gasteiger partial charge in [0.15, 0.2) is 0 Å². The predicted molar refractivity (Wildman–Crippen MR) is 99.1 cm³/mol. The van der Waals surface area contributed by atoms with Crippen LogP contribution in [0.3, 0.4) is 0 Å². The predicted octanol–water partition coefficient (Wildman–Crippen LogP) is 6.66. The normalized spacial score (nSPS) is 12.7. The molecule has 130 valence electrons. The number of allylic oxidation sites excluding steroid dienone is 2. The van der Waals surface area contributed by atoms with Gasteiger partial charge in [-0.25, -0.2) is 0 Å². The van der Waals surface area contributed by atoms with Crippen LogP contribution in [0.2, 0.25) is 0 Å². The van der Waals surface area contributed by atoms with Gasteiger partial charge in [0, 0.05) is 12.9 Å². The Bertz CT molecular complexity index is 277. The second kappa shape index (κ2) is 16.9. The molecule has 0 N–H and O–H groups in total. The van der Waals surface area contributed by atoms with Crippen LogP contribution in [-0.2, 0) is 8.98 Å². The molecule has 0 aromatic heterocycles. The van der Waals surface area contributed by atoms with Crippen LogP contribution in [0.1, 0.15) is 97.3 Å². The van der Waals surface area contributed by atoms with E-state index >= 15 is 0 Å². The Morgan fingerprint density at radius 1 is 0.909 bits per heavy atom. The van der Waals surface area contributed by atoms with Crippen molar-refractivity contribution in [3.05, 3.63) is 12.2 Å². The zero-order valence-electron chi connectivity index (χ0n) is 14.7. The quantitative estimate of drug-likeness (QED) is 0.157. The molecule has 0 aromatic rings. The van der Waals surface area contributed by atoms with Crippen molar-refractivity contribution in [2.24, 2.45) is 5.92 Å². The van der Waals surface area contributed by atoms with Crippen LogP contribution in [0.25, 0.3) is 0 Å². The van der Waals surface area contributed by atoms with E-state index in [1.54, 1.807) is 0 Å². The number of unbranched alkanes of at least 4 members (excludes halogenated alkanes) is 10. The lowest BCUT2D eigenvalue weighted by Gasteiger charge is -2.07. The summed E-state index contributed by atoms with van der Waals surface area (Å²) in [4.78, 5) is 11.2. The Labute approximate surface area is 143 Å². The standard InChI is InChI=1S/C19H36O2S/c1-3-4-5-6-7-8-9-10-11-12-13-14-15-16-17-18(2)19(20)21-22/h10-11,18,22H,3-9,12-17H2,1-2H3/b11-10-. The lowest BCUT2D eigenvalue weighted by molar-refractivity contribution is -0.137. The van der Waals surface area contributed by atoms with Gasteiger partial charge >= 0.3 is 5.97 Å². The summed E-state index contributed by atoms with van der Waals surface area (Å²) in [5.74, 6) is -0.226. The fourth-order valence-corrected chi connectivity index (χ4v) is 2.73. The molecule has 0 aliphatic carbocycles. The molecule has 1 atom stereocenters. The molecule has 2 nitrogen and oxygen atoms in total. The molecule has 0 heterocycles. The number of hydrogen-bond acceptors (Lipinski definition) is 3. The van der Waals surface area contributed by atoms with Crippen molar-refractivity contribution >= 4 is 18.9 Å². The Kier molecular flexibility index (Phi) is 16.6. The fraction of sp³-hybridized carbons (Fsp3) is 0.842. The molecule has 0 saturated carbocycles. The number of carbonyl (C=O) groups is 1. The minimum Gasteiger partial charge on any atom is -0.394 e. The minimum absolute atomic E-state index is 0.0188. The third-order valence-electron chi connectivity index (χ3n) is 4.14. The third kappa shape index (κ3) is 14.5. The number of carbonyl (C=O) groups excluding carboxylic acids is 1. The van der Waals surface area contributed by atoms with E-state index in [-0.39, 0.29) is 11.9 Å². The maximum absolute atomic E-state index is 11.2. The molecular formula is C19H36O2S. The first-order valence-corrected chi connectivity index (χ1v) is 9.59. The zero-order valence-corrected chi connectivity index (χ0v) is 15.6. The van der Waals surface area contributed by atoms with Crippen LogP contribution >= 0.6 is 12.9 Å². The molecular weight excluding hydrogens is 292 g/mol. The molecule has 0 bridgehead atoms. The molecule has 0 aliphatic rings. The molecule has 0 fully saturated rings. The van der Waals surface area contributed by atoms with Crippen molar-refractivity contribution < 1.29 is 8.98 Å². The molecule has 0 amide bonds. The van der Waals surface area contributed by atoms with E-state index in [4.69, 9.17) is 0 Å². The van der Waals surface area contributed by atoms with Gasteiger partial charge < -0.3 is 4.18 Å². The first-order chi connectivity index (χ1) is 10.7. The summed E-state index contributed by atoms with van der Waals surface area (Å²) < 4.78 is 4.43. The van der Waals surface area contributed by atoms with Gasteiger partial charge in [0.25, 0.3) is 0 Å². The Morgan fingerprint density at radius 3 is 1.95 bits per heavy atom. The summed E-state index contributed by atoms with van der Waals surface area (Å²) >= 11 is 3.54. The van der Waals surface area contributed by atoms with Crippen LogP contribution in [0, 0.1) is 5.92 Å². The van der Waals surface area contributed by atoms with Crippen molar-refractivity contribution in [3.8, 4) is 0 Å². The van der Waals surface area contributed by atoms with Gasteiger partial charge in [0.1, 0.15) is 0 Å². The summed E-state index contributed by atoms with van der Waals surface area (Å²) in [6, 6.07) is 0. The highest BCUT2D eigenvalue weighted by Crippen LogP contribution is 2.13. The first kappa shape index (κ1) is 21.6. The van der Waals surface area contributed by atoms with E-state index < -0.39 is 0 Å². The average molecular weight is 329 g/mol. The van der Waals surface area contributed by atoms with Gasteiger partial charge in [-0.3, -0.25) is 4.79 Å². The Hall–Kier alpha value is -0.440. The summed E-state index contributed by atoms with van der Waals surface area (Å²) in [5.41, 5.74) is 0. The van der Waals surface area contributed by atoms with E-state index in [0.29, 0.717) is 0 Å². The Morgan fingerprint density at radius 2 is 1.41 bits per heavy atom. The highest BCUT2D eigenvalue weighted by Gasteiger charge is 2.12. The molecule has 0 rings (SSSR count). The highest BCUT2D eigenvalue weighted by atomic mass is 32.1. The summed E-state index contributed by atoms with van der Waals surface area (Å²) in [6.45, 7) is 4.17. The monoisotopic (exact) mass is 328 g/mol. The van der Waals surface area contributed by atoms with Crippen LogP contribution in [0.15, 0.2) is 12.2 Å². The van der Waals surface area contributed by atoms with Gasteiger partial charge in [0.05, 0.1) is 5.92 Å². The molecule has 1 unspecified atom stereocenters. The third-order valence-corrected chi connectivity index (χ3v) is 4.32. The first-order valence-electron chi connectivity index (χ1n) is 9.22. The number of hydrogen-bond donors (Lipinski definition) is 1. The van der Waals surface area contributed by atoms with E-state index in [2.05, 4.69) is 36.2 Å². The topological polar surface area (TPSA) is 26.3 Å². The van der Waals surface area contributed by atoms with Crippen molar-refractivity contribution in [2.75, 3.05) is 0 Å². The minimum atomic E-state index is -0.207. The van der Waals surface area contributed by atoms with Crippen molar-refractivity contribution in [1.82, 2.24) is 0 Å². The van der Waals surface area contributed by atoms with Gasteiger partial charge in [-0.1, -0.05) is 77.4 Å². The zero-order chi connectivity index (χ0) is 16.5. The summed E-state index contributed by atoms with van der Waals surface area (Å²) in [5, 5.41) is 0. The van der Waals surface area contributed by atoms with Crippen molar-refractivity contribution in [1.29, 1.82) is 0 Å². The summed E-state index contributed by atoms with van der Waals surface area (Å²) in [7, 11) is 0. The van der Waals surface area contributed by atoms with Gasteiger partial charge in [-0.2, -0.15) is 0 Å². The maximum Gasteiger partial charge on any atom is 0.320 e. The number of thiol groups is 1. The SMILES string of the molecule is CCCCCCCC/C=C\CCCCCCC(C)C(=O)OS. The average Bonchev–Trinajstić information content (AvgIpc) is 2.54. The highest BCUT2D eigenvalue weighted by molar-refractivity contribution is 7.75. The largest absolute Gasteiger partial charge is 0.394 e. The van der Waals surface area contributed by atoms with Crippen LogP contribution < -0.4 is 0 Å². The number of rotatable bonds is 15. The van der Waals surface area contributed by atoms with Gasteiger partial charge in [-0.05, 0) is 32.1 Å². The van der Waals surface area contributed by atoms with Gasteiger partial charge in [-0.15, -0.1) is 0 Å². The molecule has 3 heteroatoms. The lowest BCUT2D eigenvalue weighted by atomic mass is 10.0. The van der Waals surface area contributed by atoms with Crippen molar-refractivity contribution in [2.45, 2.75) is 97.3 Å². The molecule has 0 spiro atoms. The van der Waals surface area contributed by atoms with Crippen molar-refractivity contribution in [3.63, 3.8) is 0 Å². The smallest absolute Gasteiger partial charge is 0.320 e. The molecule has 0 saturated heterocycles. The Balaban J connectivity index is 3.22. The van der Waals surface area contributed by atoms with E-state index in [1.165, 1.54) is 70.6 Å². The lowest BCUT2D eigenvalue weighted by Crippen LogP contribution is -2.10. The fourth-order valence-electron chi connectivity index (χ4n) is 2.55. The second-order valence-electron chi connectivity index (χ2n) is 6.33. The van der Waals surface area contributed by atoms with Crippen LogP contribution in [-0.4, -0.2) is 5.97 Å². The molecule has 0 aromatic carbocycles. The van der Waals surface area contributed by atoms with E-state index in [1.807, 2.05) is 6.92 Å². The van der Waals surface area contributed by atoms with Crippen LogP contribution in [0.4, 0.5) is 0 Å². The summed E-state index contributed by atoms with van der Waals surface area (Å²) in [6.07, 6.45) is 21.1. The van der Waals surface area contributed by atoms with Crippen LogP contribution in [0.5, 0.6) is 0 Å². The molecule has 0 aliphatic heterocycles. The molecule has 22 heavy (non-hydrogen) atoms.